The molecule has 0 aliphatic heterocycles. The maximum atomic E-state index is 13.4. The molecule has 0 aromatic heterocycles. The highest BCUT2D eigenvalue weighted by molar-refractivity contribution is 6.30. The van der Waals surface area contributed by atoms with Crippen LogP contribution in [0.2, 0.25) is 5.02 Å². The van der Waals surface area contributed by atoms with Crippen molar-refractivity contribution < 1.29 is 32.7 Å². The summed E-state index contributed by atoms with van der Waals surface area (Å²) in [7, 11) is 0. The normalized spacial score (nSPS) is 12.4. The summed E-state index contributed by atoms with van der Waals surface area (Å²) in [6.45, 7) is 0. The van der Waals surface area contributed by atoms with E-state index in [-0.39, 0.29) is 29.5 Å². The van der Waals surface area contributed by atoms with E-state index in [0.717, 1.165) is 29.3 Å². The van der Waals surface area contributed by atoms with Crippen molar-refractivity contribution in [3.8, 4) is 11.1 Å². The molecule has 4 rings (SSSR count). The Kier molecular flexibility index (Phi) is 9.60. The molecule has 0 bridgehead atoms. The zero-order valence-electron chi connectivity index (χ0n) is 22.1. The van der Waals surface area contributed by atoms with Gasteiger partial charge in [0.05, 0.1) is 5.56 Å². The van der Waals surface area contributed by atoms with Crippen LogP contribution in [0.4, 0.5) is 13.2 Å². The van der Waals surface area contributed by atoms with Crippen LogP contribution >= 0.6 is 11.6 Å². The molecule has 2 N–H and O–H groups in total. The summed E-state index contributed by atoms with van der Waals surface area (Å²) in [6.07, 6.45) is -3.99. The number of carbonyl (C=O) groups is 3. The molecule has 42 heavy (non-hydrogen) atoms. The number of benzene rings is 4. The fourth-order valence-corrected chi connectivity index (χ4v) is 4.41. The summed E-state index contributed by atoms with van der Waals surface area (Å²) in [5.41, 5.74) is 1.68. The van der Waals surface area contributed by atoms with Gasteiger partial charge in [-0.25, -0.2) is 4.79 Å². The number of carboxylic acids is 1. The largest absolute Gasteiger partial charge is 0.480 e. The molecule has 1 amide bonds. The third-order valence-electron chi connectivity index (χ3n) is 6.48. The van der Waals surface area contributed by atoms with Crippen LogP contribution < -0.4 is 5.32 Å². The molecule has 1 atom stereocenters. The van der Waals surface area contributed by atoms with Gasteiger partial charge in [0.1, 0.15) is 6.04 Å². The minimum atomic E-state index is -4.61. The molecule has 4 aromatic carbocycles. The molecular formula is C33H25ClF3NO4. The Hall–Kier alpha value is -4.69. The first-order valence-electron chi connectivity index (χ1n) is 12.8. The SMILES string of the molecule is O=C(NC(Cc1ccc(Cl)cc1)C(=O)O)C(=CC(=O)c1ccc(-c2ccccc2)cc1)Cc1cccc(C(F)(F)F)c1. The number of carboxylic acid groups (broad SMARTS) is 1. The molecule has 0 saturated carbocycles. The molecule has 0 spiro atoms. The van der Waals surface area contributed by atoms with E-state index < -0.39 is 35.4 Å². The van der Waals surface area contributed by atoms with Crippen molar-refractivity contribution in [2.75, 3.05) is 0 Å². The van der Waals surface area contributed by atoms with E-state index in [2.05, 4.69) is 5.32 Å². The number of hydrogen-bond acceptors (Lipinski definition) is 3. The van der Waals surface area contributed by atoms with Crippen LogP contribution in [0.3, 0.4) is 0 Å². The third-order valence-corrected chi connectivity index (χ3v) is 6.73. The van der Waals surface area contributed by atoms with Crippen LogP contribution in [-0.2, 0) is 28.6 Å². The van der Waals surface area contributed by atoms with E-state index in [1.54, 1.807) is 48.5 Å². The molecule has 9 heteroatoms. The van der Waals surface area contributed by atoms with Crippen molar-refractivity contribution in [1.82, 2.24) is 5.32 Å². The molecule has 4 aromatic rings. The quantitative estimate of drug-likeness (QED) is 0.151. The van der Waals surface area contributed by atoms with Gasteiger partial charge in [-0.2, -0.15) is 13.2 Å². The minimum Gasteiger partial charge on any atom is -0.480 e. The first-order valence-corrected chi connectivity index (χ1v) is 13.2. The summed E-state index contributed by atoms with van der Waals surface area (Å²) in [4.78, 5) is 38.5. The molecule has 5 nitrogen and oxygen atoms in total. The molecule has 0 aliphatic rings. The summed E-state index contributed by atoms with van der Waals surface area (Å²) in [5.74, 6) is -2.76. The van der Waals surface area contributed by atoms with Crippen LogP contribution in [0.1, 0.15) is 27.0 Å². The van der Waals surface area contributed by atoms with Gasteiger partial charge in [-0.3, -0.25) is 9.59 Å². The molecule has 0 radical (unpaired) electrons. The number of aliphatic carboxylic acids is 1. The Labute approximate surface area is 245 Å². The molecule has 0 saturated heterocycles. The van der Waals surface area contributed by atoms with E-state index in [4.69, 9.17) is 11.6 Å². The maximum absolute atomic E-state index is 13.4. The number of amides is 1. The van der Waals surface area contributed by atoms with Gasteiger partial charge in [0.15, 0.2) is 5.78 Å². The second-order valence-electron chi connectivity index (χ2n) is 9.55. The van der Waals surface area contributed by atoms with Crippen LogP contribution in [0.25, 0.3) is 11.1 Å². The number of halogens is 4. The van der Waals surface area contributed by atoms with Crippen molar-refractivity contribution in [3.05, 3.63) is 142 Å². The summed E-state index contributed by atoms with van der Waals surface area (Å²) < 4.78 is 40.0. The number of hydrogen-bond donors (Lipinski definition) is 2. The Morgan fingerprint density at radius 2 is 1.45 bits per heavy atom. The van der Waals surface area contributed by atoms with Crippen LogP contribution in [0, 0.1) is 0 Å². The van der Waals surface area contributed by atoms with Crippen LogP contribution in [-0.4, -0.2) is 28.8 Å². The number of ketones is 1. The van der Waals surface area contributed by atoms with E-state index >= 15 is 0 Å². The van der Waals surface area contributed by atoms with Gasteiger partial charge in [0.2, 0.25) is 5.91 Å². The van der Waals surface area contributed by atoms with E-state index in [1.807, 2.05) is 30.3 Å². The fraction of sp³-hybridized carbons (Fsp3) is 0.121. The zero-order valence-corrected chi connectivity index (χ0v) is 22.8. The zero-order chi connectivity index (χ0) is 30.3. The van der Waals surface area contributed by atoms with Gasteiger partial charge in [-0.15, -0.1) is 0 Å². The van der Waals surface area contributed by atoms with Gasteiger partial charge >= 0.3 is 12.1 Å². The summed E-state index contributed by atoms with van der Waals surface area (Å²) in [5, 5.41) is 12.6. The Bertz CT molecular complexity index is 1600. The van der Waals surface area contributed by atoms with Crippen LogP contribution in [0.5, 0.6) is 0 Å². The van der Waals surface area contributed by atoms with Gasteiger partial charge in [-0.05, 0) is 46.5 Å². The van der Waals surface area contributed by atoms with Crippen molar-refractivity contribution in [2.45, 2.75) is 25.1 Å². The number of carbonyl (C=O) groups excluding carboxylic acids is 2. The first-order chi connectivity index (χ1) is 20.0. The monoisotopic (exact) mass is 591 g/mol. The van der Waals surface area contributed by atoms with Crippen molar-refractivity contribution in [2.24, 2.45) is 0 Å². The number of allylic oxidation sites excluding steroid dienone is 1. The van der Waals surface area contributed by atoms with Gasteiger partial charge in [0, 0.05) is 29.0 Å². The second-order valence-corrected chi connectivity index (χ2v) is 9.98. The van der Waals surface area contributed by atoms with E-state index in [0.29, 0.717) is 10.6 Å². The number of alkyl halides is 3. The predicted molar refractivity (Wildman–Crippen MR) is 154 cm³/mol. The molecule has 0 heterocycles. The topological polar surface area (TPSA) is 83.5 Å². The van der Waals surface area contributed by atoms with Crippen molar-refractivity contribution in [1.29, 1.82) is 0 Å². The molecule has 0 fully saturated rings. The van der Waals surface area contributed by atoms with Crippen molar-refractivity contribution >= 4 is 29.3 Å². The molecular weight excluding hydrogens is 567 g/mol. The molecule has 0 aliphatic carbocycles. The average molecular weight is 592 g/mol. The summed E-state index contributed by atoms with van der Waals surface area (Å²) >= 11 is 5.90. The lowest BCUT2D eigenvalue weighted by atomic mass is 9.97. The Balaban J connectivity index is 1.63. The minimum absolute atomic E-state index is 0.0794. The predicted octanol–water partition coefficient (Wildman–Crippen LogP) is 7.19. The lowest BCUT2D eigenvalue weighted by Crippen LogP contribution is -2.43. The van der Waals surface area contributed by atoms with Gasteiger partial charge in [0.25, 0.3) is 0 Å². The van der Waals surface area contributed by atoms with Crippen molar-refractivity contribution in [3.63, 3.8) is 0 Å². The Morgan fingerprint density at radius 1 is 0.810 bits per heavy atom. The number of rotatable bonds is 10. The van der Waals surface area contributed by atoms with E-state index in [9.17, 15) is 32.7 Å². The highest BCUT2D eigenvalue weighted by atomic mass is 35.5. The number of nitrogens with one attached hydrogen (secondary N) is 1. The fourth-order valence-electron chi connectivity index (χ4n) is 4.28. The smallest absolute Gasteiger partial charge is 0.416 e. The maximum Gasteiger partial charge on any atom is 0.416 e. The van der Waals surface area contributed by atoms with E-state index in [1.165, 1.54) is 12.1 Å². The molecule has 1 unspecified atom stereocenters. The third kappa shape index (κ3) is 8.17. The van der Waals surface area contributed by atoms with Gasteiger partial charge in [-0.1, -0.05) is 96.5 Å². The second kappa shape index (κ2) is 13.3. The lowest BCUT2D eigenvalue weighted by Gasteiger charge is -2.17. The van der Waals surface area contributed by atoms with Crippen LogP contribution in [0.15, 0.2) is 115 Å². The highest BCUT2D eigenvalue weighted by Gasteiger charge is 2.30. The standard InChI is InChI=1S/C33H25ClF3NO4/c34-28-15-9-21(10-16-28)19-29(32(41)42)38-31(40)26(17-22-5-4-8-27(18-22)33(35,36)37)20-30(39)25-13-11-24(12-14-25)23-6-2-1-3-7-23/h1-16,18,20,29H,17,19H2,(H,38,40)(H,41,42). The average Bonchev–Trinajstić information content (AvgIpc) is 2.97. The lowest BCUT2D eigenvalue weighted by molar-refractivity contribution is -0.141. The Morgan fingerprint density at radius 3 is 2.07 bits per heavy atom. The van der Waals surface area contributed by atoms with Gasteiger partial charge < -0.3 is 10.4 Å². The molecule has 214 valence electrons. The summed E-state index contributed by atoms with van der Waals surface area (Å²) in [6, 6.07) is 25.6. The highest BCUT2D eigenvalue weighted by Crippen LogP contribution is 2.30. The first kappa shape index (κ1) is 30.3.